The van der Waals surface area contributed by atoms with Crippen LogP contribution in [0.15, 0.2) is 12.1 Å². The number of amides is 1. The molecule has 0 heterocycles. The molecule has 152 valence electrons. The molecule has 0 N–H and O–H groups in total. The Kier molecular flexibility index (Phi) is 9.61. The molecule has 1 aromatic rings. The maximum atomic E-state index is 14.4. The number of rotatable bonds is 11. The summed E-state index contributed by atoms with van der Waals surface area (Å²) in [6, 6.07) is 2.59. The van der Waals surface area contributed by atoms with Crippen LogP contribution in [0.3, 0.4) is 0 Å². The highest BCUT2D eigenvalue weighted by atomic mass is 19.1. The number of hydrogen-bond donors (Lipinski definition) is 0. The highest BCUT2D eigenvalue weighted by Gasteiger charge is 2.18. The van der Waals surface area contributed by atoms with E-state index in [2.05, 4.69) is 0 Å². The fraction of sp³-hybridized carbons (Fsp3) is 0.600. The molecule has 27 heavy (non-hydrogen) atoms. The van der Waals surface area contributed by atoms with Gasteiger partial charge in [-0.1, -0.05) is 6.92 Å². The topological polar surface area (TPSA) is 65.1 Å². The van der Waals surface area contributed by atoms with Crippen molar-refractivity contribution in [3.8, 4) is 11.5 Å². The molecule has 0 atom stereocenters. The van der Waals surface area contributed by atoms with Gasteiger partial charge in [-0.15, -0.1) is 0 Å². The normalized spacial score (nSPS) is 10.6. The number of nitrogens with zero attached hydrogens (tertiary/aromatic N) is 1. The van der Waals surface area contributed by atoms with Crippen molar-refractivity contribution in [2.75, 3.05) is 26.3 Å². The van der Waals surface area contributed by atoms with Crippen LogP contribution in [-0.4, -0.2) is 49.2 Å². The molecule has 1 rings (SSSR count). The van der Waals surface area contributed by atoms with Crippen LogP contribution >= 0.6 is 0 Å². The minimum absolute atomic E-state index is 0.141. The predicted octanol–water partition coefficient (Wildman–Crippen LogP) is 3.36. The van der Waals surface area contributed by atoms with Crippen LogP contribution in [0.2, 0.25) is 0 Å². The second-order valence-electron chi connectivity index (χ2n) is 6.31. The quantitative estimate of drug-likeness (QED) is 0.548. The summed E-state index contributed by atoms with van der Waals surface area (Å²) in [5.41, 5.74) is 0.161. The number of likely N-dealkylation sites (N-methyl/N-ethyl adjacent to an activating group) is 1. The number of halogens is 1. The molecule has 0 aliphatic heterocycles. The van der Waals surface area contributed by atoms with E-state index in [0.29, 0.717) is 25.4 Å². The molecule has 0 bridgehead atoms. The highest BCUT2D eigenvalue weighted by Crippen LogP contribution is 2.31. The first-order valence-electron chi connectivity index (χ1n) is 9.37. The maximum absolute atomic E-state index is 14.4. The molecule has 0 spiro atoms. The molecule has 1 amide bonds. The summed E-state index contributed by atoms with van der Waals surface area (Å²) in [6.07, 6.45) is 0.274. The van der Waals surface area contributed by atoms with Crippen LogP contribution < -0.4 is 9.47 Å². The van der Waals surface area contributed by atoms with E-state index in [-0.39, 0.29) is 36.4 Å². The first-order valence-corrected chi connectivity index (χ1v) is 9.37. The van der Waals surface area contributed by atoms with E-state index in [0.717, 1.165) is 12.5 Å². The van der Waals surface area contributed by atoms with Gasteiger partial charge < -0.3 is 19.1 Å². The van der Waals surface area contributed by atoms with Gasteiger partial charge in [-0.05, 0) is 40.2 Å². The monoisotopic (exact) mass is 383 g/mol. The largest absolute Gasteiger partial charge is 0.490 e. The zero-order valence-electron chi connectivity index (χ0n) is 16.8. The molecule has 0 aliphatic carbocycles. The Morgan fingerprint density at radius 3 is 2.26 bits per heavy atom. The summed E-state index contributed by atoms with van der Waals surface area (Å²) in [4.78, 5) is 25.6. The van der Waals surface area contributed by atoms with Crippen LogP contribution in [0, 0.1) is 5.82 Å². The van der Waals surface area contributed by atoms with Crippen molar-refractivity contribution in [2.45, 2.75) is 53.6 Å². The van der Waals surface area contributed by atoms with Crippen molar-refractivity contribution in [1.82, 2.24) is 4.90 Å². The molecule has 0 radical (unpaired) electrons. The molecule has 7 heteroatoms. The maximum Gasteiger partial charge on any atom is 0.310 e. The minimum atomic E-state index is -0.607. The van der Waals surface area contributed by atoms with Gasteiger partial charge in [0.1, 0.15) is 5.82 Å². The molecule has 6 nitrogen and oxygen atoms in total. The molecule has 0 fully saturated rings. The molecule has 1 aromatic carbocycles. The summed E-state index contributed by atoms with van der Waals surface area (Å²) in [6.45, 7) is 10.5. The Balaban J connectivity index is 2.97. The number of benzene rings is 1. The van der Waals surface area contributed by atoms with Gasteiger partial charge in [-0.2, -0.15) is 0 Å². The van der Waals surface area contributed by atoms with Gasteiger partial charge in [0.15, 0.2) is 18.1 Å². The summed E-state index contributed by atoms with van der Waals surface area (Å²) in [5.74, 6) is -0.868. The smallest absolute Gasteiger partial charge is 0.310 e. The van der Waals surface area contributed by atoms with Crippen molar-refractivity contribution in [2.24, 2.45) is 0 Å². The van der Waals surface area contributed by atoms with Crippen LogP contribution in [0.5, 0.6) is 11.5 Å². The van der Waals surface area contributed by atoms with E-state index in [1.165, 1.54) is 6.07 Å². The molecule has 0 unspecified atom stereocenters. The zero-order valence-corrected chi connectivity index (χ0v) is 16.8. The molecular formula is C20H30FNO5. The van der Waals surface area contributed by atoms with Crippen LogP contribution in [0.4, 0.5) is 4.39 Å². The lowest BCUT2D eigenvalue weighted by Crippen LogP contribution is -2.34. The Morgan fingerprint density at radius 2 is 1.70 bits per heavy atom. The summed E-state index contributed by atoms with van der Waals surface area (Å²) in [7, 11) is 0. The first-order chi connectivity index (χ1) is 12.8. The Bertz CT molecular complexity index is 629. The van der Waals surface area contributed by atoms with E-state index in [1.807, 2.05) is 20.8 Å². The Labute approximate surface area is 160 Å². The summed E-state index contributed by atoms with van der Waals surface area (Å²) in [5, 5.41) is 0. The lowest BCUT2D eigenvalue weighted by molar-refractivity contribution is -0.146. The molecule has 0 aromatic heterocycles. The third-order valence-electron chi connectivity index (χ3n) is 3.74. The predicted molar refractivity (Wildman–Crippen MR) is 101 cm³/mol. The van der Waals surface area contributed by atoms with Gasteiger partial charge in [0.25, 0.3) is 5.91 Å². The van der Waals surface area contributed by atoms with Crippen LogP contribution in [-0.2, 0) is 20.7 Å². The van der Waals surface area contributed by atoms with E-state index < -0.39 is 11.8 Å². The number of hydrogen-bond acceptors (Lipinski definition) is 5. The van der Waals surface area contributed by atoms with Gasteiger partial charge in [0, 0.05) is 24.7 Å². The SMILES string of the molecule is CCCOc1cc(CC(=O)OC(C)C)c(F)cc1OCC(=O)N(CC)CC. The zero-order chi connectivity index (χ0) is 20.4. The molecule has 0 saturated carbocycles. The van der Waals surface area contributed by atoms with Gasteiger partial charge >= 0.3 is 5.97 Å². The standard InChI is InChI=1S/C20H30FNO5/c1-6-9-25-17-10-15(11-20(24)27-14(4)5)16(21)12-18(17)26-13-19(23)22(7-2)8-3/h10,12,14H,6-9,11,13H2,1-5H3. The number of carbonyl (C=O) groups is 2. The van der Waals surface area contributed by atoms with Gasteiger partial charge in [0.05, 0.1) is 19.1 Å². The lowest BCUT2D eigenvalue weighted by Gasteiger charge is -2.20. The molecular weight excluding hydrogens is 353 g/mol. The highest BCUT2D eigenvalue weighted by molar-refractivity contribution is 5.78. The van der Waals surface area contributed by atoms with Gasteiger partial charge in [0.2, 0.25) is 0 Å². The molecule has 0 saturated heterocycles. The van der Waals surface area contributed by atoms with Crippen molar-refractivity contribution in [3.63, 3.8) is 0 Å². The average molecular weight is 383 g/mol. The second kappa shape index (κ2) is 11.4. The van der Waals surface area contributed by atoms with Crippen molar-refractivity contribution in [1.29, 1.82) is 0 Å². The van der Waals surface area contributed by atoms with Crippen LogP contribution in [0.1, 0.15) is 46.6 Å². The fourth-order valence-electron chi connectivity index (χ4n) is 2.42. The average Bonchev–Trinajstić information content (AvgIpc) is 2.60. The van der Waals surface area contributed by atoms with Crippen molar-refractivity contribution < 1.29 is 28.2 Å². The van der Waals surface area contributed by atoms with E-state index in [1.54, 1.807) is 18.7 Å². The fourth-order valence-corrected chi connectivity index (χ4v) is 2.42. The lowest BCUT2D eigenvalue weighted by atomic mass is 10.1. The third kappa shape index (κ3) is 7.45. The molecule has 0 aliphatic rings. The van der Waals surface area contributed by atoms with Crippen molar-refractivity contribution in [3.05, 3.63) is 23.5 Å². The minimum Gasteiger partial charge on any atom is -0.490 e. The number of carbonyl (C=O) groups excluding carboxylic acids is 2. The summed E-state index contributed by atoms with van der Waals surface area (Å²) >= 11 is 0. The van der Waals surface area contributed by atoms with E-state index in [9.17, 15) is 14.0 Å². The van der Waals surface area contributed by atoms with Gasteiger partial charge in [-0.3, -0.25) is 9.59 Å². The summed E-state index contributed by atoms with van der Waals surface area (Å²) < 4.78 is 30.6. The Morgan fingerprint density at radius 1 is 1.07 bits per heavy atom. The number of ether oxygens (including phenoxy) is 3. The second-order valence-corrected chi connectivity index (χ2v) is 6.31. The number of esters is 1. The third-order valence-corrected chi connectivity index (χ3v) is 3.74. The van der Waals surface area contributed by atoms with Gasteiger partial charge in [-0.25, -0.2) is 4.39 Å². The van der Waals surface area contributed by atoms with E-state index in [4.69, 9.17) is 14.2 Å². The first kappa shape index (κ1) is 22.7. The van der Waals surface area contributed by atoms with Crippen LogP contribution in [0.25, 0.3) is 0 Å². The van der Waals surface area contributed by atoms with E-state index >= 15 is 0 Å². The Hall–Kier alpha value is -2.31. The van der Waals surface area contributed by atoms with Crippen molar-refractivity contribution >= 4 is 11.9 Å².